The molecule has 0 radical (unpaired) electrons. The van der Waals surface area contributed by atoms with Crippen molar-refractivity contribution in [1.82, 2.24) is 15.0 Å². The van der Waals surface area contributed by atoms with Crippen molar-refractivity contribution in [3.63, 3.8) is 0 Å². The zero-order chi connectivity index (χ0) is 22.8. The van der Waals surface area contributed by atoms with E-state index < -0.39 is 0 Å². The number of hydrogen-bond donors (Lipinski definition) is 3. The van der Waals surface area contributed by atoms with Crippen molar-refractivity contribution in [3.8, 4) is 0 Å². The second kappa shape index (κ2) is 12.5. The Balaban J connectivity index is 0.000000536. The van der Waals surface area contributed by atoms with Crippen molar-refractivity contribution >= 4 is 29.8 Å². The molecule has 2 aromatic rings. The van der Waals surface area contributed by atoms with Crippen molar-refractivity contribution in [2.24, 2.45) is 5.73 Å². The van der Waals surface area contributed by atoms with Crippen molar-refractivity contribution in [3.05, 3.63) is 60.1 Å². The van der Waals surface area contributed by atoms with E-state index in [0.29, 0.717) is 5.92 Å². The lowest BCUT2D eigenvalue weighted by atomic mass is 9.93. The smallest absolute Gasteiger partial charge is 0.227 e. The summed E-state index contributed by atoms with van der Waals surface area (Å²) in [7, 11) is 1.50. The van der Waals surface area contributed by atoms with Gasteiger partial charge in [-0.3, -0.25) is 4.98 Å². The van der Waals surface area contributed by atoms with E-state index in [-0.39, 0.29) is 12.3 Å². The molecule has 32 heavy (non-hydrogen) atoms. The van der Waals surface area contributed by atoms with Gasteiger partial charge in [-0.15, -0.1) is 0 Å². The van der Waals surface area contributed by atoms with Crippen LogP contribution in [0.4, 0.5) is 17.5 Å². The minimum atomic E-state index is -0.250. The van der Waals surface area contributed by atoms with Crippen LogP contribution >= 0.6 is 12.3 Å². The first-order valence-corrected chi connectivity index (χ1v) is 11.3. The third kappa shape index (κ3) is 5.64. The van der Waals surface area contributed by atoms with E-state index in [1.165, 1.54) is 18.3 Å². The Kier molecular flexibility index (Phi) is 9.44. The SMILES string of the molecule is C1=CCC(c2nc(N3CCOCC3)nc3c2CCN3c2ccncc2)C=C1.CN.OSO. The topological polar surface area (TPSA) is 121 Å². The molecule has 172 valence electrons. The maximum absolute atomic E-state index is 7.04. The monoisotopic (exact) mass is 458 g/mol. The van der Waals surface area contributed by atoms with Gasteiger partial charge in [0.2, 0.25) is 5.95 Å². The largest absolute Gasteiger partial charge is 0.378 e. The van der Waals surface area contributed by atoms with Crippen LogP contribution in [-0.4, -0.2) is 64.0 Å². The molecule has 4 N–H and O–H groups in total. The number of ether oxygens (including phenoxy) is 1. The zero-order valence-corrected chi connectivity index (χ0v) is 19.0. The van der Waals surface area contributed by atoms with Crippen LogP contribution in [0.1, 0.15) is 23.6 Å². The highest BCUT2D eigenvalue weighted by Crippen LogP contribution is 2.39. The molecular formula is C22H30N6O3S. The molecule has 1 fully saturated rings. The first kappa shape index (κ1) is 24.1. The van der Waals surface area contributed by atoms with Crippen molar-refractivity contribution in [2.75, 3.05) is 49.7 Å². The summed E-state index contributed by atoms with van der Waals surface area (Å²) < 4.78 is 19.6. The molecule has 5 rings (SSSR count). The van der Waals surface area contributed by atoms with Gasteiger partial charge in [0.1, 0.15) is 5.82 Å². The van der Waals surface area contributed by atoms with Gasteiger partial charge < -0.3 is 29.4 Å². The van der Waals surface area contributed by atoms with Gasteiger partial charge in [0.25, 0.3) is 0 Å². The molecule has 4 heterocycles. The number of fused-ring (bicyclic) bond motifs is 1. The molecule has 0 bridgehead atoms. The summed E-state index contributed by atoms with van der Waals surface area (Å²) in [4.78, 5) is 18.8. The number of allylic oxidation sites excluding steroid dienone is 4. The van der Waals surface area contributed by atoms with Gasteiger partial charge in [0.05, 0.1) is 18.9 Å². The third-order valence-electron chi connectivity index (χ3n) is 5.45. The number of pyridine rings is 1. The molecule has 1 saturated heterocycles. The molecule has 0 saturated carbocycles. The average molecular weight is 459 g/mol. The van der Waals surface area contributed by atoms with Crippen LogP contribution in [0.25, 0.3) is 0 Å². The Morgan fingerprint density at radius 1 is 1.06 bits per heavy atom. The van der Waals surface area contributed by atoms with Crippen LogP contribution in [0.5, 0.6) is 0 Å². The fourth-order valence-electron chi connectivity index (χ4n) is 4.04. The molecule has 0 spiro atoms. The zero-order valence-electron chi connectivity index (χ0n) is 18.2. The molecule has 0 aromatic carbocycles. The second-order valence-corrected chi connectivity index (χ2v) is 7.32. The quantitative estimate of drug-likeness (QED) is 0.591. The van der Waals surface area contributed by atoms with E-state index in [0.717, 1.165) is 63.1 Å². The Labute approximate surface area is 193 Å². The highest BCUT2D eigenvalue weighted by Gasteiger charge is 2.30. The summed E-state index contributed by atoms with van der Waals surface area (Å²) >= 11 is -0.250. The Morgan fingerprint density at radius 3 is 2.44 bits per heavy atom. The van der Waals surface area contributed by atoms with Gasteiger partial charge in [0.15, 0.2) is 12.3 Å². The normalized spacial score (nSPS) is 18.9. The molecule has 1 aliphatic carbocycles. The van der Waals surface area contributed by atoms with Gasteiger partial charge in [-0.1, -0.05) is 24.3 Å². The van der Waals surface area contributed by atoms with Crippen LogP contribution < -0.4 is 15.5 Å². The Bertz CT molecular complexity index is 906. The number of rotatable bonds is 3. The highest BCUT2D eigenvalue weighted by atomic mass is 32.2. The predicted octanol–water partition coefficient (Wildman–Crippen LogP) is 3.24. The van der Waals surface area contributed by atoms with Gasteiger partial charge in [0, 0.05) is 49.2 Å². The summed E-state index contributed by atoms with van der Waals surface area (Å²) in [6.45, 7) is 4.08. The van der Waals surface area contributed by atoms with E-state index in [1.807, 2.05) is 12.4 Å². The van der Waals surface area contributed by atoms with Crippen LogP contribution in [0.15, 0.2) is 48.8 Å². The van der Waals surface area contributed by atoms with Crippen LogP contribution in [0, 0.1) is 0 Å². The minimum Gasteiger partial charge on any atom is -0.378 e. The summed E-state index contributed by atoms with van der Waals surface area (Å²) in [5.41, 5.74) is 8.10. The first-order valence-electron chi connectivity index (χ1n) is 10.6. The maximum Gasteiger partial charge on any atom is 0.227 e. The van der Waals surface area contributed by atoms with E-state index in [1.54, 1.807) is 0 Å². The lowest BCUT2D eigenvalue weighted by molar-refractivity contribution is 0.122. The van der Waals surface area contributed by atoms with E-state index >= 15 is 0 Å². The number of nitrogens with zero attached hydrogens (tertiary/aromatic N) is 5. The van der Waals surface area contributed by atoms with Gasteiger partial charge in [-0.25, -0.2) is 4.98 Å². The molecule has 3 aliphatic rings. The fourth-order valence-corrected chi connectivity index (χ4v) is 4.04. The summed E-state index contributed by atoms with van der Waals surface area (Å²) in [5, 5.41) is 0. The van der Waals surface area contributed by atoms with Crippen molar-refractivity contribution in [2.45, 2.75) is 18.8 Å². The average Bonchev–Trinajstić information content (AvgIpc) is 3.31. The molecule has 10 heteroatoms. The van der Waals surface area contributed by atoms with E-state index in [9.17, 15) is 0 Å². The number of anilines is 3. The van der Waals surface area contributed by atoms with Crippen LogP contribution in [0.3, 0.4) is 0 Å². The van der Waals surface area contributed by atoms with Gasteiger partial charge in [-0.05, 0) is 32.0 Å². The second-order valence-electron chi connectivity index (χ2n) is 7.15. The fraction of sp³-hybridized carbons (Fsp3) is 0.409. The summed E-state index contributed by atoms with van der Waals surface area (Å²) in [6.07, 6.45) is 14.4. The Hall–Kier alpha value is -2.50. The van der Waals surface area contributed by atoms with E-state index in [4.69, 9.17) is 23.8 Å². The highest BCUT2D eigenvalue weighted by molar-refractivity contribution is 7.87. The van der Waals surface area contributed by atoms with Crippen molar-refractivity contribution < 1.29 is 13.8 Å². The first-order chi connectivity index (χ1) is 15.8. The number of hydrogen-bond acceptors (Lipinski definition) is 10. The molecule has 0 amide bonds. The molecule has 1 unspecified atom stereocenters. The molecule has 1 atom stereocenters. The molecular weight excluding hydrogens is 428 g/mol. The number of morpholine rings is 1. The lowest BCUT2D eigenvalue weighted by Crippen LogP contribution is -2.37. The number of aromatic nitrogens is 3. The van der Waals surface area contributed by atoms with Gasteiger partial charge >= 0.3 is 0 Å². The lowest BCUT2D eigenvalue weighted by Gasteiger charge is -2.29. The summed E-state index contributed by atoms with van der Waals surface area (Å²) in [6, 6.07) is 4.10. The Morgan fingerprint density at radius 2 is 1.78 bits per heavy atom. The minimum absolute atomic E-state index is 0.250. The number of nitrogens with two attached hydrogens (primary N) is 1. The standard InChI is InChI=1S/C21H23N5O.CH5N.H2O2S/c1-2-4-16(5-3-1)19-18-8-11-26(17-6-9-22-10-7-17)20(18)24-21(23-19)25-12-14-27-15-13-25;1-2;1-3-2/h1-4,6-7,9-10,16H,5,8,11-15H2;2H2,1H3;1-2H. The molecule has 2 aliphatic heterocycles. The van der Waals surface area contributed by atoms with Crippen LogP contribution in [0.2, 0.25) is 0 Å². The summed E-state index contributed by atoms with van der Waals surface area (Å²) in [5.74, 6) is 2.20. The van der Waals surface area contributed by atoms with Crippen LogP contribution in [-0.2, 0) is 11.2 Å². The predicted molar refractivity (Wildman–Crippen MR) is 129 cm³/mol. The van der Waals surface area contributed by atoms with Gasteiger partial charge in [-0.2, -0.15) is 4.98 Å². The van der Waals surface area contributed by atoms with Crippen molar-refractivity contribution in [1.29, 1.82) is 0 Å². The molecule has 2 aromatic heterocycles. The molecule has 9 nitrogen and oxygen atoms in total. The maximum atomic E-state index is 7.04. The third-order valence-corrected chi connectivity index (χ3v) is 5.45. The van der Waals surface area contributed by atoms with E-state index in [2.05, 4.69) is 57.0 Å².